The van der Waals surface area contributed by atoms with E-state index >= 15 is 0 Å². The number of benzene rings is 2. The first-order valence-electron chi connectivity index (χ1n) is 6.17. The Morgan fingerprint density at radius 1 is 1.05 bits per heavy atom. The van der Waals surface area contributed by atoms with Gasteiger partial charge in [-0.3, -0.25) is 9.59 Å². The van der Waals surface area contributed by atoms with Crippen molar-refractivity contribution in [2.75, 3.05) is 5.32 Å². The van der Waals surface area contributed by atoms with E-state index in [1.807, 2.05) is 12.1 Å². The molecule has 0 heterocycles. The van der Waals surface area contributed by atoms with Gasteiger partial charge in [-0.25, -0.2) is 0 Å². The maximum absolute atomic E-state index is 12.1. The van der Waals surface area contributed by atoms with E-state index in [4.69, 9.17) is 11.6 Å². The lowest BCUT2D eigenvalue weighted by atomic mass is 10.1. The second kappa shape index (κ2) is 6.35. The number of halogens is 1. The Morgan fingerprint density at radius 2 is 1.75 bits per heavy atom. The molecular formula is C16H14ClNO2. The van der Waals surface area contributed by atoms with E-state index in [1.165, 1.54) is 6.92 Å². The van der Waals surface area contributed by atoms with E-state index in [0.717, 1.165) is 5.56 Å². The standard InChI is InChI=1S/C16H14ClNO2/c1-11(19)14-3-2-4-15(9-14)18-16(20)13-7-5-12(10-17)6-8-13/h2-9H,10H2,1H3,(H,18,20). The molecule has 3 nitrogen and oxygen atoms in total. The molecule has 0 radical (unpaired) electrons. The van der Waals surface area contributed by atoms with Crippen molar-refractivity contribution in [1.29, 1.82) is 0 Å². The molecule has 0 spiro atoms. The van der Waals surface area contributed by atoms with Crippen LogP contribution in [-0.4, -0.2) is 11.7 Å². The quantitative estimate of drug-likeness (QED) is 0.685. The molecule has 0 saturated heterocycles. The molecule has 20 heavy (non-hydrogen) atoms. The summed E-state index contributed by atoms with van der Waals surface area (Å²) in [4.78, 5) is 23.4. The highest BCUT2D eigenvalue weighted by molar-refractivity contribution is 6.17. The molecule has 102 valence electrons. The maximum atomic E-state index is 12.1. The van der Waals surface area contributed by atoms with Gasteiger partial charge in [0.25, 0.3) is 5.91 Å². The van der Waals surface area contributed by atoms with E-state index in [0.29, 0.717) is 22.7 Å². The number of amides is 1. The van der Waals surface area contributed by atoms with Crippen LogP contribution in [0, 0.1) is 0 Å². The third-order valence-electron chi connectivity index (χ3n) is 2.90. The Balaban J connectivity index is 2.14. The van der Waals surface area contributed by atoms with Crippen molar-refractivity contribution in [3.05, 3.63) is 65.2 Å². The van der Waals surface area contributed by atoms with Crippen LogP contribution in [0.25, 0.3) is 0 Å². The van der Waals surface area contributed by atoms with Gasteiger partial charge in [0.1, 0.15) is 0 Å². The van der Waals surface area contributed by atoms with Crippen LogP contribution in [0.4, 0.5) is 5.69 Å². The van der Waals surface area contributed by atoms with Crippen molar-refractivity contribution in [2.24, 2.45) is 0 Å². The van der Waals surface area contributed by atoms with E-state index < -0.39 is 0 Å². The summed E-state index contributed by atoms with van der Waals surface area (Å²) in [6.07, 6.45) is 0. The normalized spacial score (nSPS) is 10.1. The molecule has 0 atom stereocenters. The number of Topliss-reactive ketones (excluding diaryl/α,β-unsaturated/α-hetero) is 1. The Morgan fingerprint density at radius 3 is 2.35 bits per heavy atom. The number of hydrogen-bond acceptors (Lipinski definition) is 2. The highest BCUT2D eigenvalue weighted by Crippen LogP contribution is 2.13. The molecule has 0 unspecified atom stereocenters. The van der Waals surface area contributed by atoms with Crippen LogP contribution in [0.2, 0.25) is 0 Å². The fraction of sp³-hybridized carbons (Fsp3) is 0.125. The van der Waals surface area contributed by atoms with Crippen LogP contribution in [0.15, 0.2) is 48.5 Å². The van der Waals surface area contributed by atoms with Crippen LogP contribution in [0.3, 0.4) is 0 Å². The topological polar surface area (TPSA) is 46.2 Å². The summed E-state index contributed by atoms with van der Waals surface area (Å²) in [7, 11) is 0. The fourth-order valence-electron chi connectivity index (χ4n) is 1.76. The Labute approximate surface area is 122 Å². The van der Waals surface area contributed by atoms with Crippen molar-refractivity contribution in [3.8, 4) is 0 Å². The summed E-state index contributed by atoms with van der Waals surface area (Å²) in [5, 5.41) is 2.77. The number of nitrogens with one attached hydrogen (secondary N) is 1. The Hall–Kier alpha value is -2.13. The lowest BCUT2D eigenvalue weighted by Crippen LogP contribution is -2.12. The average molecular weight is 288 g/mol. The Kier molecular flexibility index (Phi) is 4.53. The second-order valence-corrected chi connectivity index (χ2v) is 4.69. The number of rotatable bonds is 4. The molecule has 0 aliphatic rings. The SMILES string of the molecule is CC(=O)c1cccc(NC(=O)c2ccc(CCl)cc2)c1. The number of ketones is 1. The predicted molar refractivity (Wildman–Crippen MR) is 80.4 cm³/mol. The van der Waals surface area contributed by atoms with Gasteiger partial charge in [0.2, 0.25) is 0 Å². The van der Waals surface area contributed by atoms with Gasteiger partial charge in [-0.15, -0.1) is 11.6 Å². The van der Waals surface area contributed by atoms with Crippen LogP contribution in [0.5, 0.6) is 0 Å². The third-order valence-corrected chi connectivity index (χ3v) is 3.21. The first-order valence-corrected chi connectivity index (χ1v) is 6.71. The zero-order valence-electron chi connectivity index (χ0n) is 11.0. The van der Waals surface area contributed by atoms with Gasteiger partial charge >= 0.3 is 0 Å². The van der Waals surface area contributed by atoms with Crippen molar-refractivity contribution >= 4 is 29.0 Å². The highest BCUT2D eigenvalue weighted by Gasteiger charge is 2.07. The zero-order valence-corrected chi connectivity index (χ0v) is 11.8. The highest BCUT2D eigenvalue weighted by atomic mass is 35.5. The number of carbonyl (C=O) groups excluding carboxylic acids is 2. The molecule has 2 aromatic carbocycles. The largest absolute Gasteiger partial charge is 0.322 e. The van der Waals surface area contributed by atoms with Crippen molar-refractivity contribution < 1.29 is 9.59 Å². The van der Waals surface area contributed by atoms with Crippen LogP contribution in [-0.2, 0) is 5.88 Å². The molecular weight excluding hydrogens is 274 g/mol. The number of alkyl halides is 1. The van der Waals surface area contributed by atoms with Crippen LogP contribution >= 0.6 is 11.6 Å². The van der Waals surface area contributed by atoms with Crippen LogP contribution in [0.1, 0.15) is 33.2 Å². The molecule has 1 amide bonds. The van der Waals surface area contributed by atoms with Crippen molar-refractivity contribution in [2.45, 2.75) is 12.8 Å². The average Bonchev–Trinajstić information content (AvgIpc) is 2.47. The third kappa shape index (κ3) is 3.45. The minimum atomic E-state index is -0.216. The molecule has 4 heteroatoms. The van der Waals surface area contributed by atoms with E-state index in [-0.39, 0.29) is 11.7 Å². The molecule has 0 aromatic heterocycles. The summed E-state index contributed by atoms with van der Waals surface area (Å²) in [5.41, 5.74) is 2.68. The first-order chi connectivity index (χ1) is 9.60. The maximum Gasteiger partial charge on any atom is 0.255 e. The monoisotopic (exact) mass is 287 g/mol. The lowest BCUT2D eigenvalue weighted by molar-refractivity contribution is 0.101. The van der Waals surface area contributed by atoms with Gasteiger partial charge < -0.3 is 5.32 Å². The zero-order chi connectivity index (χ0) is 14.5. The van der Waals surface area contributed by atoms with Crippen molar-refractivity contribution in [3.63, 3.8) is 0 Å². The molecule has 2 rings (SSSR count). The fourth-order valence-corrected chi connectivity index (χ4v) is 1.94. The van der Waals surface area contributed by atoms with E-state index in [9.17, 15) is 9.59 Å². The van der Waals surface area contributed by atoms with Gasteiger partial charge in [0.05, 0.1) is 0 Å². The summed E-state index contributed by atoms with van der Waals surface area (Å²) in [5.74, 6) is 0.169. The molecule has 1 N–H and O–H groups in total. The summed E-state index contributed by atoms with van der Waals surface area (Å²) >= 11 is 5.70. The van der Waals surface area contributed by atoms with Gasteiger partial charge in [-0.1, -0.05) is 24.3 Å². The minimum absolute atomic E-state index is 0.0347. The Bertz CT molecular complexity index is 635. The number of hydrogen-bond donors (Lipinski definition) is 1. The van der Waals surface area contributed by atoms with E-state index in [2.05, 4.69) is 5.32 Å². The molecule has 2 aromatic rings. The molecule has 0 aliphatic carbocycles. The first kappa shape index (κ1) is 14.3. The van der Waals surface area contributed by atoms with Gasteiger partial charge in [0.15, 0.2) is 5.78 Å². The van der Waals surface area contributed by atoms with Gasteiger partial charge in [0, 0.05) is 22.7 Å². The molecule has 0 fully saturated rings. The lowest BCUT2D eigenvalue weighted by Gasteiger charge is -2.07. The smallest absolute Gasteiger partial charge is 0.255 e. The van der Waals surface area contributed by atoms with Crippen molar-refractivity contribution in [1.82, 2.24) is 0 Å². The summed E-state index contributed by atoms with van der Waals surface area (Å²) in [6, 6.07) is 13.9. The summed E-state index contributed by atoms with van der Waals surface area (Å²) < 4.78 is 0. The minimum Gasteiger partial charge on any atom is -0.322 e. The predicted octanol–water partition coefficient (Wildman–Crippen LogP) is 3.88. The number of anilines is 1. The second-order valence-electron chi connectivity index (χ2n) is 4.42. The molecule has 0 aliphatic heterocycles. The number of carbonyl (C=O) groups is 2. The van der Waals surface area contributed by atoms with Gasteiger partial charge in [-0.05, 0) is 36.8 Å². The summed E-state index contributed by atoms with van der Waals surface area (Å²) in [6.45, 7) is 1.49. The molecule has 0 saturated carbocycles. The molecule has 0 bridgehead atoms. The van der Waals surface area contributed by atoms with Gasteiger partial charge in [-0.2, -0.15) is 0 Å². The van der Waals surface area contributed by atoms with E-state index in [1.54, 1.807) is 36.4 Å². The van der Waals surface area contributed by atoms with Crippen LogP contribution < -0.4 is 5.32 Å².